The molecule has 0 aliphatic rings. The normalized spacial score (nSPS) is 11.0. The van der Waals surface area contributed by atoms with Crippen LogP contribution in [0.15, 0.2) is 54.7 Å². The van der Waals surface area contributed by atoms with Crippen molar-refractivity contribution < 1.29 is 14.3 Å². The molecule has 7 heteroatoms. The molecular formula is C29H40N4O3. The fourth-order valence-electron chi connectivity index (χ4n) is 4.20. The van der Waals surface area contributed by atoms with Crippen molar-refractivity contribution in [2.75, 3.05) is 39.9 Å². The highest BCUT2D eigenvalue weighted by Gasteiger charge is 2.22. The van der Waals surface area contributed by atoms with Crippen molar-refractivity contribution in [1.29, 1.82) is 0 Å². The Balaban J connectivity index is 1.74. The summed E-state index contributed by atoms with van der Waals surface area (Å²) in [7, 11) is 1.64. The molecule has 0 fully saturated rings. The molecule has 0 saturated carbocycles. The van der Waals surface area contributed by atoms with Crippen LogP contribution in [-0.4, -0.2) is 66.6 Å². The Bertz CT molecular complexity index is 1090. The van der Waals surface area contributed by atoms with Gasteiger partial charge in [0.2, 0.25) is 5.91 Å². The fourth-order valence-corrected chi connectivity index (χ4v) is 4.20. The first kappa shape index (κ1) is 27.3. The lowest BCUT2D eigenvalue weighted by Crippen LogP contribution is -2.47. The molecule has 2 aromatic carbocycles. The quantitative estimate of drug-likeness (QED) is 0.314. The van der Waals surface area contributed by atoms with E-state index in [9.17, 15) is 9.59 Å². The van der Waals surface area contributed by atoms with Gasteiger partial charge in [0.05, 0.1) is 0 Å². The van der Waals surface area contributed by atoms with E-state index in [1.54, 1.807) is 12.0 Å². The third-order valence-corrected chi connectivity index (χ3v) is 6.37. The molecule has 0 atom stereocenters. The van der Waals surface area contributed by atoms with Crippen molar-refractivity contribution in [2.24, 2.45) is 0 Å². The molecule has 36 heavy (non-hydrogen) atoms. The van der Waals surface area contributed by atoms with Crippen LogP contribution in [0.1, 0.15) is 42.9 Å². The van der Waals surface area contributed by atoms with Crippen molar-refractivity contribution in [3.05, 3.63) is 71.4 Å². The van der Waals surface area contributed by atoms with Crippen LogP contribution in [0, 0.1) is 6.92 Å². The number of benzene rings is 2. The Morgan fingerprint density at radius 3 is 2.53 bits per heavy atom. The van der Waals surface area contributed by atoms with Crippen LogP contribution in [0.3, 0.4) is 0 Å². The van der Waals surface area contributed by atoms with E-state index in [1.165, 1.54) is 16.5 Å². The van der Waals surface area contributed by atoms with Gasteiger partial charge in [0.1, 0.15) is 6.54 Å². The topological polar surface area (TPSA) is 77.7 Å². The molecule has 3 amide bonds. The van der Waals surface area contributed by atoms with E-state index in [-0.39, 0.29) is 18.5 Å². The predicted octanol–water partition coefficient (Wildman–Crippen LogP) is 4.90. The number of aromatic nitrogens is 1. The molecule has 1 heterocycles. The number of aryl methyl sites for hydroxylation is 1. The van der Waals surface area contributed by atoms with Gasteiger partial charge in [-0.1, -0.05) is 61.4 Å². The van der Waals surface area contributed by atoms with Crippen molar-refractivity contribution in [1.82, 2.24) is 20.1 Å². The maximum Gasteiger partial charge on any atom is 0.317 e. The number of fused-ring (bicyclic) bond motifs is 1. The van der Waals surface area contributed by atoms with Crippen LogP contribution >= 0.6 is 0 Å². The molecular weight excluding hydrogens is 452 g/mol. The van der Waals surface area contributed by atoms with E-state index in [0.717, 1.165) is 30.3 Å². The minimum Gasteiger partial charge on any atom is -0.385 e. The summed E-state index contributed by atoms with van der Waals surface area (Å²) in [6.07, 6.45) is 5.35. The summed E-state index contributed by atoms with van der Waals surface area (Å²) in [6, 6.07) is 16.3. The zero-order valence-electron chi connectivity index (χ0n) is 21.9. The SMILES string of the molecule is CCCCNC(=O)N(CCCOC)CC(=O)N(CCc1c[nH]c2ccccc12)Cc1ccc(C)cc1. The second kappa shape index (κ2) is 14.3. The summed E-state index contributed by atoms with van der Waals surface area (Å²) in [6.45, 7) is 6.88. The van der Waals surface area contributed by atoms with Gasteiger partial charge < -0.3 is 24.8 Å². The molecule has 194 valence electrons. The van der Waals surface area contributed by atoms with Crippen LogP contribution in [0.2, 0.25) is 0 Å². The average molecular weight is 493 g/mol. The summed E-state index contributed by atoms with van der Waals surface area (Å²) >= 11 is 0. The Morgan fingerprint density at radius 2 is 1.78 bits per heavy atom. The molecule has 0 aliphatic carbocycles. The third kappa shape index (κ3) is 8.12. The highest BCUT2D eigenvalue weighted by molar-refractivity contribution is 5.85. The molecule has 1 aromatic heterocycles. The average Bonchev–Trinajstić information content (AvgIpc) is 3.30. The molecule has 2 N–H and O–H groups in total. The summed E-state index contributed by atoms with van der Waals surface area (Å²) in [4.78, 5) is 33.2. The summed E-state index contributed by atoms with van der Waals surface area (Å²) in [5.41, 5.74) is 4.54. The molecule has 3 rings (SSSR count). The molecule has 0 saturated heterocycles. The van der Waals surface area contributed by atoms with E-state index in [0.29, 0.717) is 39.2 Å². The van der Waals surface area contributed by atoms with Crippen LogP contribution in [0.5, 0.6) is 0 Å². The van der Waals surface area contributed by atoms with Crippen LogP contribution in [-0.2, 0) is 22.5 Å². The number of aromatic amines is 1. The number of hydrogen-bond acceptors (Lipinski definition) is 3. The van der Waals surface area contributed by atoms with E-state index < -0.39 is 0 Å². The minimum atomic E-state index is -0.195. The van der Waals surface area contributed by atoms with Crippen LogP contribution in [0.4, 0.5) is 4.79 Å². The predicted molar refractivity (Wildman–Crippen MR) is 145 cm³/mol. The Morgan fingerprint density at radius 1 is 1.00 bits per heavy atom. The van der Waals surface area contributed by atoms with E-state index in [1.807, 2.05) is 23.2 Å². The van der Waals surface area contributed by atoms with Gasteiger partial charge >= 0.3 is 6.03 Å². The molecule has 0 spiro atoms. The molecule has 0 radical (unpaired) electrons. The van der Waals surface area contributed by atoms with E-state index in [4.69, 9.17) is 4.74 Å². The molecule has 3 aromatic rings. The minimum absolute atomic E-state index is 0.0431. The summed E-state index contributed by atoms with van der Waals surface area (Å²) in [5.74, 6) is -0.0570. The number of carbonyl (C=O) groups excluding carboxylic acids is 2. The van der Waals surface area contributed by atoms with Crippen molar-refractivity contribution in [2.45, 2.75) is 46.1 Å². The van der Waals surface area contributed by atoms with Gasteiger partial charge in [-0.2, -0.15) is 0 Å². The van der Waals surface area contributed by atoms with Crippen molar-refractivity contribution in [3.63, 3.8) is 0 Å². The second-order valence-electron chi connectivity index (χ2n) is 9.26. The van der Waals surface area contributed by atoms with Gasteiger partial charge in [0, 0.05) is 57.0 Å². The fraction of sp³-hybridized carbons (Fsp3) is 0.448. The number of rotatable bonds is 14. The van der Waals surface area contributed by atoms with Gasteiger partial charge in [0.25, 0.3) is 0 Å². The number of methoxy groups -OCH3 is 1. The molecule has 7 nitrogen and oxygen atoms in total. The number of H-pyrrole nitrogens is 1. The first-order valence-electron chi connectivity index (χ1n) is 12.9. The first-order valence-corrected chi connectivity index (χ1v) is 12.9. The Kier molecular flexibility index (Phi) is 10.8. The number of ether oxygens (including phenoxy) is 1. The molecule has 0 aliphatic heterocycles. The van der Waals surface area contributed by atoms with E-state index in [2.05, 4.69) is 60.5 Å². The summed E-state index contributed by atoms with van der Waals surface area (Å²) in [5, 5.41) is 4.13. The van der Waals surface area contributed by atoms with E-state index >= 15 is 0 Å². The number of unbranched alkanes of at least 4 members (excludes halogenated alkanes) is 1. The lowest BCUT2D eigenvalue weighted by Gasteiger charge is -2.28. The number of carbonyl (C=O) groups is 2. The number of para-hydroxylation sites is 1. The monoisotopic (exact) mass is 492 g/mol. The first-order chi connectivity index (χ1) is 17.5. The third-order valence-electron chi connectivity index (χ3n) is 6.37. The van der Waals surface area contributed by atoms with Gasteiger partial charge in [-0.25, -0.2) is 4.79 Å². The lowest BCUT2D eigenvalue weighted by molar-refractivity contribution is -0.132. The highest BCUT2D eigenvalue weighted by Crippen LogP contribution is 2.19. The van der Waals surface area contributed by atoms with Crippen molar-refractivity contribution >= 4 is 22.8 Å². The molecule has 0 bridgehead atoms. The summed E-state index contributed by atoms with van der Waals surface area (Å²) < 4.78 is 5.17. The smallest absolute Gasteiger partial charge is 0.317 e. The van der Waals surface area contributed by atoms with Crippen LogP contribution in [0.25, 0.3) is 10.9 Å². The second-order valence-corrected chi connectivity index (χ2v) is 9.26. The zero-order valence-corrected chi connectivity index (χ0v) is 21.9. The number of hydrogen-bond donors (Lipinski definition) is 2. The number of nitrogens with zero attached hydrogens (tertiary/aromatic N) is 2. The van der Waals surface area contributed by atoms with Crippen LogP contribution < -0.4 is 5.32 Å². The number of amides is 3. The molecule has 0 unspecified atom stereocenters. The maximum absolute atomic E-state index is 13.6. The van der Waals surface area contributed by atoms with Gasteiger partial charge in [-0.15, -0.1) is 0 Å². The van der Waals surface area contributed by atoms with Crippen molar-refractivity contribution in [3.8, 4) is 0 Å². The van der Waals surface area contributed by atoms with Gasteiger partial charge in [-0.05, 0) is 43.4 Å². The number of nitrogens with one attached hydrogen (secondary N) is 2. The Labute approximate surface area is 214 Å². The maximum atomic E-state index is 13.6. The van der Waals surface area contributed by atoms with Gasteiger partial charge in [-0.3, -0.25) is 4.79 Å². The standard InChI is InChI=1S/C29H40N4O3/c1-4-5-16-30-29(35)33(17-8-19-36-3)22-28(34)32(21-24-13-11-23(2)12-14-24)18-15-25-20-31-27-10-7-6-9-26(25)27/h6-7,9-14,20,31H,4-5,8,15-19,21-22H2,1-3H3,(H,30,35). The Hall–Kier alpha value is -3.32. The highest BCUT2D eigenvalue weighted by atomic mass is 16.5. The zero-order chi connectivity index (χ0) is 25.8. The number of urea groups is 1. The van der Waals surface area contributed by atoms with Gasteiger partial charge in [0.15, 0.2) is 0 Å². The lowest BCUT2D eigenvalue weighted by atomic mass is 10.1. The largest absolute Gasteiger partial charge is 0.385 e.